The number of aliphatic carboxylic acids is 1. The Morgan fingerprint density at radius 1 is 1.21 bits per heavy atom. The Morgan fingerprint density at radius 2 is 1.90 bits per heavy atom. The van der Waals surface area contributed by atoms with Crippen LogP contribution in [0.15, 0.2) is 24.3 Å². The molecule has 0 aromatic heterocycles. The zero-order valence-electron chi connectivity index (χ0n) is 17.6. The zero-order valence-corrected chi connectivity index (χ0v) is 17.6. The number of carboxylic acid groups (broad SMARTS) is 1. The summed E-state index contributed by atoms with van der Waals surface area (Å²) < 4.78 is 16.4. The molecule has 0 aliphatic heterocycles. The molecular weight excluding hydrogens is 374 g/mol. The van der Waals surface area contributed by atoms with Crippen molar-refractivity contribution in [1.29, 1.82) is 0 Å². The predicted molar refractivity (Wildman–Crippen MR) is 109 cm³/mol. The summed E-state index contributed by atoms with van der Waals surface area (Å²) in [4.78, 5) is 25.2. The number of hydrogen-bond donors (Lipinski definition) is 1. The van der Waals surface area contributed by atoms with Gasteiger partial charge in [0.15, 0.2) is 6.10 Å². The molecule has 1 saturated carbocycles. The highest BCUT2D eigenvalue weighted by atomic mass is 16.6. The van der Waals surface area contributed by atoms with Gasteiger partial charge in [-0.25, -0.2) is 9.59 Å². The van der Waals surface area contributed by atoms with Crippen LogP contribution in [0.1, 0.15) is 39.2 Å². The lowest BCUT2D eigenvalue weighted by Gasteiger charge is -2.22. The van der Waals surface area contributed by atoms with Gasteiger partial charge >= 0.3 is 12.1 Å². The predicted octanol–water partition coefficient (Wildman–Crippen LogP) is 3.60. The normalized spacial score (nSPS) is 14.5. The summed E-state index contributed by atoms with van der Waals surface area (Å²) in [7, 11) is 0. The molecule has 0 saturated heterocycles. The molecule has 1 aliphatic rings. The summed E-state index contributed by atoms with van der Waals surface area (Å²) in [5.41, 5.74) is 0.867. The number of amides is 1. The van der Waals surface area contributed by atoms with Crippen LogP contribution >= 0.6 is 0 Å². The molecule has 0 radical (unpaired) electrons. The fourth-order valence-corrected chi connectivity index (χ4v) is 2.83. The molecule has 0 heterocycles. The van der Waals surface area contributed by atoms with E-state index >= 15 is 0 Å². The van der Waals surface area contributed by atoms with Gasteiger partial charge in [-0.2, -0.15) is 0 Å². The Hall–Kier alpha value is -2.28. The molecule has 2 rings (SSSR count). The molecule has 1 amide bonds. The summed E-state index contributed by atoms with van der Waals surface area (Å²) in [6.45, 7) is 8.14. The molecule has 0 spiro atoms. The van der Waals surface area contributed by atoms with Crippen molar-refractivity contribution in [2.45, 2.75) is 46.1 Å². The van der Waals surface area contributed by atoms with Crippen molar-refractivity contribution >= 4 is 12.1 Å². The number of ether oxygens (including phenoxy) is 3. The lowest BCUT2D eigenvalue weighted by atomic mass is 10.1. The van der Waals surface area contributed by atoms with Crippen LogP contribution in [0.4, 0.5) is 4.79 Å². The SMILES string of the molecule is CCOC(Cc1ccc(OCCN(CC2CC2)C(=O)OCC(C)C)cc1)C(=O)O. The summed E-state index contributed by atoms with van der Waals surface area (Å²) >= 11 is 0. The third kappa shape index (κ3) is 8.73. The highest BCUT2D eigenvalue weighted by Crippen LogP contribution is 2.29. The zero-order chi connectivity index (χ0) is 21.2. The first-order chi connectivity index (χ1) is 13.9. The third-order valence-electron chi connectivity index (χ3n) is 4.59. The maximum Gasteiger partial charge on any atom is 0.409 e. The van der Waals surface area contributed by atoms with Gasteiger partial charge in [0, 0.05) is 19.6 Å². The second-order valence-corrected chi connectivity index (χ2v) is 7.84. The van der Waals surface area contributed by atoms with Gasteiger partial charge < -0.3 is 24.2 Å². The van der Waals surface area contributed by atoms with E-state index in [-0.39, 0.29) is 6.09 Å². The quantitative estimate of drug-likeness (QED) is 0.538. The number of carbonyl (C=O) groups excluding carboxylic acids is 1. The van der Waals surface area contributed by atoms with E-state index in [1.807, 2.05) is 38.1 Å². The van der Waals surface area contributed by atoms with Crippen molar-refractivity contribution in [3.8, 4) is 5.75 Å². The van der Waals surface area contributed by atoms with Crippen LogP contribution in [-0.4, -0.2) is 61.1 Å². The smallest absolute Gasteiger partial charge is 0.409 e. The van der Waals surface area contributed by atoms with Crippen molar-refractivity contribution < 1.29 is 28.9 Å². The average molecular weight is 408 g/mol. The standard InChI is InChI=1S/C22H33NO6/c1-4-27-20(21(24)25)13-17-7-9-19(10-8-17)28-12-11-23(14-18-5-6-18)22(26)29-15-16(2)3/h7-10,16,18,20H,4-6,11-15H2,1-3H3,(H,24,25). The van der Waals surface area contributed by atoms with Gasteiger partial charge in [0.05, 0.1) is 13.2 Å². The molecular formula is C22H33NO6. The minimum absolute atomic E-state index is 0.278. The van der Waals surface area contributed by atoms with Gasteiger partial charge in [0.25, 0.3) is 0 Å². The molecule has 29 heavy (non-hydrogen) atoms. The molecule has 1 unspecified atom stereocenters. The van der Waals surface area contributed by atoms with E-state index in [0.717, 1.165) is 18.4 Å². The number of hydrogen-bond acceptors (Lipinski definition) is 5. The first kappa shape index (κ1) is 23.0. The Morgan fingerprint density at radius 3 is 2.45 bits per heavy atom. The summed E-state index contributed by atoms with van der Waals surface area (Å²) in [5.74, 6) is 0.597. The van der Waals surface area contributed by atoms with Gasteiger partial charge in [0.1, 0.15) is 12.4 Å². The van der Waals surface area contributed by atoms with E-state index in [1.54, 1.807) is 11.8 Å². The molecule has 7 nitrogen and oxygen atoms in total. The Bertz CT molecular complexity index is 641. The molecule has 1 aliphatic carbocycles. The largest absolute Gasteiger partial charge is 0.492 e. The van der Waals surface area contributed by atoms with Crippen LogP contribution in [0.3, 0.4) is 0 Å². The lowest BCUT2D eigenvalue weighted by Crippen LogP contribution is -2.37. The minimum Gasteiger partial charge on any atom is -0.492 e. The first-order valence-corrected chi connectivity index (χ1v) is 10.4. The number of carbonyl (C=O) groups is 2. The highest BCUT2D eigenvalue weighted by Gasteiger charge is 2.27. The maximum atomic E-state index is 12.3. The van der Waals surface area contributed by atoms with Crippen LogP contribution in [0.25, 0.3) is 0 Å². The van der Waals surface area contributed by atoms with E-state index in [1.165, 1.54) is 0 Å². The Kier molecular flexibility index (Phi) is 9.25. The molecule has 162 valence electrons. The molecule has 1 atom stereocenters. The number of carboxylic acids is 1. The number of nitrogens with zero attached hydrogens (tertiary/aromatic N) is 1. The molecule has 1 fully saturated rings. The molecule has 7 heteroatoms. The van der Waals surface area contributed by atoms with E-state index in [0.29, 0.717) is 56.9 Å². The average Bonchev–Trinajstić information content (AvgIpc) is 3.50. The van der Waals surface area contributed by atoms with Crippen LogP contribution in [0.2, 0.25) is 0 Å². The van der Waals surface area contributed by atoms with Crippen molar-refractivity contribution in [3.63, 3.8) is 0 Å². The van der Waals surface area contributed by atoms with Crippen LogP contribution in [-0.2, 0) is 20.7 Å². The first-order valence-electron chi connectivity index (χ1n) is 10.4. The van der Waals surface area contributed by atoms with Crippen LogP contribution in [0, 0.1) is 11.8 Å². The molecule has 0 bridgehead atoms. The maximum absolute atomic E-state index is 12.3. The minimum atomic E-state index is -0.965. The fourth-order valence-electron chi connectivity index (χ4n) is 2.83. The molecule has 1 aromatic carbocycles. The van der Waals surface area contributed by atoms with Crippen LogP contribution < -0.4 is 4.74 Å². The van der Waals surface area contributed by atoms with Gasteiger partial charge in [0.2, 0.25) is 0 Å². The Labute approximate surface area is 172 Å². The highest BCUT2D eigenvalue weighted by molar-refractivity contribution is 5.72. The second-order valence-electron chi connectivity index (χ2n) is 7.84. The molecule has 1 aromatic rings. The fraction of sp³-hybridized carbons (Fsp3) is 0.636. The number of rotatable bonds is 13. The summed E-state index contributed by atoms with van der Waals surface area (Å²) in [6.07, 6.45) is 1.50. The van der Waals surface area contributed by atoms with E-state index in [2.05, 4.69) is 0 Å². The van der Waals surface area contributed by atoms with Crippen molar-refractivity contribution in [2.24, 2.45) is 11.8 Å². The Balaban J connectivity index is 1.81. The summed E-state index contributed by atoms with van der Waals surface area (Å²) in [6, 6.07) is 7.29. The third-order valence-corrected chi connectivity index (χ3v) is 4.59. The van der Waals surface area contributed by atoms with Crippen molar-refractivity contribution in [1.82, 2.24) is 4.90 Å². The summed E-state index contributed by atoms with van der Waals surface area (Å²) in [5, 5.41) is 9.18. The van der Waals surface area contributed by atoms with Gasteiger partial charge in [-0.1, -0.05) is 26.0 Å². The van der Waals surface area contributed by atoms with Gasteiger partial charge in [-0.15, -0.1) is 0 Å². The topological polar surface area (TPSA) is 85.3 Å². The van der Waals surface area contributed by atoms with Gasteiger partial charge in [-0.3, -0.25) is 0 Å². The van der Waals surface area contributed by atoms with E-state index in [9.17, 15) is 14.7 Å². The second kappa shape index (κ2) is 11.7. The molecule has 1 N–H and O–H groups in total. The number of benzene rings is 1. The van der Waals surface area contributed by atoms with Crippen LogP contribution in [0.5, 0.6) is 5.75 Å². The lowest BCUT2D eigenvalue weighted by molar-refractivity contribution is -0.149. The van der Waals surface area contributed by atoms with Gasteiger partial charge in [-0.05, 0) is 49.3 Å². The monoisotopic (exact) mass is 407 g/mol. The van der Waals surface area contributed by atoms with Crippen molar-refractivity contribution in [2.75, 3.05) is 32.9 Å². The van der Waals surface area contributed by atoms with E-state index < -0.39 is 12.1 Å². The van der Waals surface area contributed by atoms with Crippen molar-refractivity contribution in [3.05, 3.63) is 29.8 Å². The van der Waals surface area contributed by atoms with E-state index in [4.69, 9.17) is 14.2 Å².